The Morgan fingerprint density at radius 2 is 0.885 bits per heavy atom. The molecule has 12 rings (SSSR count). The van der Waals surface area contributed by atoms with Crippen molar-refractivity contribution < 1.29 is 21.0 Å². The van der Waals surface area contributed by atoms with Crippen LogP contribution in [0.2, 0.25) is 0 Å². The molecule has 0 spiro atoms. The number of aromatic nitrogens is 9. The van der Waals surface area contributed by atoms with Gasteiger partial charge in [-0.1, -0.05) is 18.2 Å². The van der Waals surface area contributed by atoms with Gasteiger partial charge in [0, 0.05) is 175 Å². The lowest BCUT2D eigenvalue weighted by Crippen LogP contribution is -2.45. The molecular weight excluding hydrogens is 1270 g/mol. The lowest BCUT2D eigenvalue weighted by Gasteiger charge is -2.33. The maximum atomic E-state index is 12.4. The second-order valence-electron chi connectivity index (χ2n) is 25.5. The van der Waals surface area contributed by atoms with Gasteiger partial charge in [-0.05, 0) is 108 Å². The van der Waals surface area contributed by atoms with E-state index >= 15 is 0 Å². The highest BCUT2D eigenvalue weighted by Crippen LogP contribution is 2.36. The van der Waals surface area contributed by atoms with E-state index in [2.05, 4.69) is 139 Å². The van der Waals surface area contributed by atoms with Crippen LogP contribution in [0.1, 0.15) is 40.1 Å². The fourth-order valence-electron chi connectivity index (χ4n) is 12.1. The first-order valence-corrected chi connectivity index (χ1v) is 38.0. The van der Waals surface area contributed by atoms with E-state index in [1.165, 1.54) is 6.26 Å². The van der Waals surface area contributed by atoms with Crippen LogP contribution in [0.3, 0.4) is 0 Å². The van der Waals surface area contributed by atoms with Crippen LogP contribution in [-0.4, -0.2) is 226 Å². The summed E-state index contributed by atoms with van der Waals surface area (Å²) in [5.41, 5.74) is 9.87. The molecule has 6 aromatic heterocycles. The summed E-state index contributed by atoms with van der Waals surface area (Å²) in [5, 5.41) is 2.69. The Morgan fingerprint density at radius 1 is 0.458 bits per heavy atom. The molecule has 25 nitrogen and oxygen atoms in total. The van der Waals surface area contributed by atoms with Crippen molar-refractivity contribution >= 4 is 114 Å². The molecule has 2 N–H and O–H groups in total. The normalized spacial score (nSPS) is 15.7. The van der Waals surface area contributed by atoms with Crippen LogP contribution < -0.4 is 38.8 Å². The Kier molecular flexibility index (Phi) is 22.0. The molecule has 3 aliphatic rings. The number of aryl methyl sites for hydroxylation is 3. The van der Waals surface area contributed by atoms with Crippen LogP contribution in [0.4, 0.5) is 45.9 Å². The smallest absolute Gasteiger partial charge is 0.229 e. The minimum Gasteiger partial charge on any atom is -0.367 e. The average molecular weight is 1360 g/mol. The number of fused-ring (bicyclic) bond motifs is 3. The number of rotatable bonds is 18. The van der Waals surface area contributed by atoms with E-state index in [1.54, 1.807) is 37.0 Å². The van der Waals surface area contributed by atoms with E-state index in [0.717, 1.165) is 198 Å². The number of likely N-dealkylation sites (N-methyl/N-ethyl adjacent to an activating group) is 3. The summed E-state index contributed by atoms with van der Waals surface area (Å²) in [6, 6.07) is 29.0. The minimum absolute atomic E-state index is 0.00115. The largest absolute Gasteiger partial charge is 0.367 e. The minimum atomic E-state index is -3.39. The number of hydrogen-bond acceptors (Lipinski definition) is 23. The maximum Gasteiger partial charge on any atom is 0.229 e. The Bertz CT molecular complexity index is 4580. The molecule has 3 saturated heterocycles. The van der Waals surface area contributed by atoms with Gasteiger partial charge in [0.05, 0.1) is 93.7 Å². The standard InChI is InChI=1S/C23H31N7OS.C23H30N6O2S.C22H29N7O2S/c1-17-25-19(15-21(26-17)30-13-11-28(2)12-14-30)16-29(3)23-20(27-32(4,5)31)9-8-18-7-6-10-24-22(18)23;1-17-25-20(14-22(26-17)29-10-8-27(2)9-11-29)15-28(3)21-13-18(16-32(4,30)31)12-19-6-5-7-24-23(19)21;1-16-24-17(14-21(25-16)29-12-10-27(2)11-13-29)15-28(3)20-8-7-19(26-32(4,30)31)18-6-5-9-23-22(18)20/h6-10,15H,4,11-14,16H2,1-3,5H3,(H,27,31);5-7,12-14H,8-11,15-16H2,1-4H3;5-9,14,26H,10-13,15H2,1-4H3. The van der Waals surface area contributed by atoms with E-state index in [0.29, 0.717) is 25.3 Å². The number of sulfone groups is 1. The summed E-state index contributed by atoms with van der Waals surface area (Å²) < 4.78 is 65.4. The number of nitrogens with zero attached hydrogens (tertiary/aromatic N) is 18. The summed E-state index contributed by atoms with van der Waals surface area (Å²) in [6.45, 7) is 19.3. The molecule has 0 saturated carbocycles. The average Bonchev–Trinajstić information content (AvgIpc) is 0.798. The first-order chi connectivity index (χ1) is 45.6. The molecule has 3 fully saturated rings. The van der Waals surface area contributed by atoms with Gasteiger partial charge in [-0.3, -0.25) is 19.7 Å². The molecule has 0 bridgehead atoms. The lowest BCUT2D eigenvalue weighted by atomic mass is 10.1. The molecule has 9 heterocycles. The zero-order valence-electron chi connectivity index (χ0n) is 57.2. The first-order valence-electron chi connectivity index (χ1n) is 31.9. The van der Waals surface area contributed by atoms with Gasteiger partial charge in [0.15, 0.2) is 9.84 Å². The van der Waals surface area contributed by atoms with Crippen molar-refractivity contribution in [3.8, 4) is 0 Å². The van der Waals surface area contributed by atoms with Crippen LogP contribution in [0.15, 0.2) is 110 Å². The van der Waals surface area contributed by atoms with Crippen molar-refractivity contribution in [3.63, 3.8) is 0 Å². The van der Waals surface area contributed by atoms with Gasteiger partial charge in [-0.25, -0.2) is 50.9 Å². The van der Waals surface area contributed by atoms with E-state index in [9.17, 15) is 21.0 Å². The molecule has 1 unspecified atom stereocenters. The van der Waals surface area contributed by atoms with Crippen molar-refractivity contribution in [2.24, 2.45) is 0 Å². The number of sulfonamides is 1. The molecule has 96 heavy (non-hydrogen) atoms. The lowest BCUT2D eigenvalue weighted by molar-refractivity contribution is 0.312. The number of pyridine rings is 3. The second kappa shape index (κ2) is 30.2. The predicted molar refractivity (Wildman–Crippen MR) is 393 cm³/mol. The van der Waals surface area contributed by atoms with Gasteiger partial charge in [0.1, 0.15) is 34.9 Å². The summed E-state index contributed by atoms with van der Waals surface area (Å²) in [7, 11) is 3.41. The predicted octanol–water partition coefficient (Wildman–Crippen LogP) is 6.75. The maximum absolute atomic E-state index is 12.4. The zero-order chi connectivity index (χ0) is 68.6. The van der Waals surface area contributed by atoms with Crippen molar-refractivity contribution in [2.45, 2.75) is 46.2 Å². The fourth-order valence-corrected chi connectivity index (χ4v) is 14.1. The molecule has 9 aromatic rings. The Balaban J connectivity index is 0.000000157. The van der Waals surface area contributed by atoms with Gasteiger partial charge >= 0.3 is 0 Å². The number of nitrogens with one attached hydrogen (secondary N) is 2. The fraction of sp³-hybridized carbons (Fsp3) is 0.412. The first kappa shape index (κ1) is 70.1. The van der Waals surface area contributed by atoms with E-state index in [4.69, 9.17) is 4.98 Å². The third kappa shape index (κ3) is 18.9. The Morgan fingerprint density at radius 3 is 1.35 bits per heavy atom. The highest BCUT2D eigenvalue weighted by molar-refractivity contribution is 8.00. The topological polar surface area (TPSA) is 255 Å². The molecule has 3 aromatic carbocycles. The molecule has 510 valence electrons. The number of piperazine rings is 3. The van der Waals surface area contributed by atoms with Crippen LogP contribution in [0, 0.1) is 20.8 Å². The highest BCUT2D eigenvalue weighted by Gasteiger charge is 2.24. The summed E-state index contributed by atoms with van der Waals surface area (Å²) in [6.07, 6.45) is 9.24. The van der Waals surface area contributed by atoms with Gasteiger partial charge < -0.3 is 48.8 Å². The molecule has 3 aliphatic heterocycles. The Labute approximate surface area is 565 Å². The molecule has 0 amide bonds. The van der Waals surface area contributed by atoms with Gasteiger partial charge in [-0.2, -0.15) is 0 Å². The van der Waals surface area contributed by atoms with Crippen LogP contribution in [0.25, 0.3) is 32.7 Å². The summed E-state index contributed by atoms with van der Waals surface area (Å²) in [4.78, 5) is 61.9. The number of anilines is 8. The summed E-state index contributed by atoms with van der Waals surface area (Å²) >= 11 is 0. The van der Waals surface area contributed by atoms with E-state index < -0.39 is 29.6 Å². The number of benzene rings is 3. The molecule has 0 radical (unpaired) electrons. The summed E-state index contributed by atoms with van der Waals surface area (Å²) in [5.74, 6) is 8.91. The molecule has 1 atom stereocenters. The second-order valence-corrected chi connectivity index (χ2v) is 31.6. The Hall–Kier alpha value is -8.67. The van der Waals surface area contributed by atoms with Crippen LogP contribution >= 0.6 is 0 Å². The van der Waals surface area contributed by atoms with Crippen LogP contribution in [-0.2, 0) is 55.0 Å². The van der Waals surface area contributed by atoms with E-state index in [1.807, 2.05) is 103 Å². The van der Waals surface area contributed by atoms with Gasteiger partial charge in [0.2, 0.25) is 10.0 Å². The number of hydrogen-bond donors (Lipinski definition) is 2. The van der Waals surface area contributed by atoms with Crippen LogP contribution in [0.5, 0.6) is 0 Å². The molecule has 28 heteroatoms. The van der Waals surface area contributed by atoms with Crippen molar-refractivity contribution in [1.82, 2.24) is 59.6 Å². The quantitative estimate of drug-likeness (QED) is 0.0842. The van der Waals surface area contributed by atoms with Crippen molar-refractivity contribution in [2.75, 3.05) is 178 Å². The third-order valence-electron chi connectivity index (χ3n) is 16.8. The van der Waals surface area contributed by atoms with Crippen molar-refractivity contribution in [1.29, 1.82) is 0 Å². The SMILES string of the molecule is C=S(C)(=O)Nc1ccc2cccnc2c1N(C)Cc1cc(N2CCN(C)CC2)nc(C)n1.Cc1nc(CN(C)c2cc(CS(C)(=O)=O)cc3cccnc23)cc(N2CCN(C)CC2)n1.Cc1nc(CN(C)c2ccc(NS(C)(=O)=O)c3cccnc23)cc(N2CCN(C)CC2)n1. The highest BCUT2D eigenvalue weighted by atomic mass is 32.2. The zero-order valence-corrected chi connectivity index (χ0v) is 59.7. The monoisotopic (exact) mass is 1360 g/mol. The van der Waals surface area contributed by atoms with Gasteiger partial charge in [-0.15, -0.1) is 0 Å². The van der Waals surface area contributed by atoms with Gasteiger partial charge in [0.25, 0.3) is 0 Å². The third-order valence-corrected chi connectivity index (χ3v) is 18.9. The van der Waals surface area contributed by atoms with Crippen molar-refractivity contribution in [3.05, 3.63) is 150 Å². The molecule has 0 aliphatic carbocycles. The molecular formula is C68H90N20O5S3. The van der Waals surface area contributed by atoms with E-state index in [-0.39, 0.29) is 5.75 Å².